The Kier molecular flexibility index (Phi) is 4.71. The van der Waals surface area contributed by atoms with Gasteiger partial charge in [0.05, 0.1) is 18.8 Å². The molecule has 0 bridgehead atoms. The summed E-state index contributed by atoms with van der Waals surface area (Å²) in [5.41, 5.74) is 2.07. The molecule has 0 spiro atoms. The van der Waals surface area contributed by atoms with E-state index in [1.54, 1.807) is 13.0 Å². The molecule has 0 aliphatic carbocycles. The van der Waals surface area contributed by atoms with Gasteiger partial charge in [0.25, 0.3) is 0 Å². The molecule has 0 radical (unpaired) electrons. The number of nitrogens with zero attached hydrogens (tertiary/aromatic N) is 1. The van der Waals surface area contributed by atoms with Gasteiger partial charge in [-0.15, -0.1) is 0 Å². The average Bonchev–Trinajstić information content (AvgIpc) is 2.49. The minimum atomic E-state index is -0.388. The highest BCUT2D eigenvalue weighted by molar-refractivity contribution is 5.90. The van der Waals surface area contributed by atoms with Gasteiger partial charge in [0.2, 0.25) is 0 Å². The first kappa shape index (κ1) is 14.1. The van der Waals surface area contributed by atoms with Gasteiger partial charge in [-0.05, 0) is 19.9 Å². The van der Waals surface area contributed by atoms with Crippen LogP contribution in [0, 0.1) is 0 Å². The molecule has 0 saturated heterocycles. The second-order valence-electron chi connectivity index (χ2n) is 4.09. The largest absolute Gasteiger partial charge is 0.492 e. The van der Waals surface area contributed by atoms with Crippen molar-refractivity contribution < 1.29 is 14.3 Å². The first-order valence-corrected chi connectivity index (χ1v) is 6.61. The molecule has 2 rings (SSSR count). The second kappa shape index (κ2) is 6.70. The predicted molar refractivity (Wildman–Crippen MR) is 76.8 cm³/mol. The monoisotopic (exact) mass is 271 g/mol. The van der Waals surface area contributed by atoms with E-state index >= 15 is 0 Å². The Labute approximate surface area is 118 Å². The third kappa shape index (κ3) is 3.15. The maximum Gasteiger partial charge on any atom is 0.339 e. The van der Waals surface area contributed by atoms with Crippen molar-refractivity contribution in [3.05, 3.63) is 48.2 Å². The van der Waals surface area contributed by atoms with Gasteiger partial charge in [0.1, 0.15) is 11.4 Å². The molecule has 0 saturated carbocycles. The standard InChI is InChI=1S/C16H17NO3/c1-3-19-14-10-13(16(18)20-4-2)11-17-15(14)12-8-6-5-7-9-12/h5-11H,3-4H2,1-2H3. The van der Waals surface area contributed by atoms with Crippen LogP contribution in [0.2, 0.25) is 0 Å². The molecule has 20 heavy (non-hydrogen) atoms. The number of carbonyl (C=O) groups is 1. The van der Waals surface area contributed by atoms with Gasteiger partial charge >= 0.3 is 5.97 Å². The average molecular weight is 271 g/mol. The van der Waals surface area contributed by atoms with Gasteiger partial charge in [-0.3, -0.25) is 4.98 Å². The summed E-state index contributed by atoms with van der Waals surface area (Å²) in [7, 11) is 0. The number of aromatic nitrogens is 1. The van der Waals surface area contributed by atoms with Crippen LogP contribution in [0.5, 0.6) is 5.75 Å². The molecule has 0 atom stereocenters. The first-order chi connectivity index (χ1) is 9.76. The van der Waals surface area contributed by atoms with Crippen molar-refractivity contribution in [1.29, 1.82) is 0 Å². The summed E-state index contributed by atoms with van der Waals surface area (Å²) in [6.07, 6.45) is 1.52. The van der Waals surface area contributed by atoms with Crippen molar-refractivity contribution in [3.63, 3.8) is 0 Å². The number of hydrogen-bond acceptors (Lipinski definition) is 4. The van der Waals surface area contributed by atoms with E-state index in [2.05, 4.69) is 4.98 Å². The van der Waals surface area contributed by atoms with Crippen LogP contribution in [0.1, 0.15) is 24.2 Å². The number of carbonyl (C=O) groups excluding carboxylic acids is 1. The Morgan fingerprint density at radius 1 is 1.15 bits per heavy atom. The number of rotatable bonds is 5. The number of pyridine rings is 1. The smallest absolute Gasteiger partial charge is 0.339 e. The summed E-state index contributed by atoms with van der Waals surface area (Å²) in [6, 6.07) is 11.4. The van der Waals surface area contributed by atoms with Gasteiger partial charge in [-0.2, -0.15) is 0 Å². The second-order valence-corrected chi connectivity index (χ2v) is 4.09. The highest BCUT2D eigenvalue weighted by atomic mass is 16.5. The zero-order chi connectivity index (χ0) is 14.4. The van der Waals surface area contributed by atoms with E-state index in [-0.39, 0.29) is 5.97 Å². The Bertz CT molecular complexity index is 582. The topological polar surface area (TPSA) is 48.4 Å². The fourth-order valence-electron chi connectivity index (χ4n) is 1.85. The van der Waals surface area contributed by atoms with Crippen LogP contribution < -0.4 is 4.74 Å². The SMILES string of the molecule is CCOC(=O)c1cnc(-c2ccccc2)c(OCC)c1. The van der Waals surface area contributed by atoms with E-state index < -0.39 is 0 Å². The van der Waals surface area contributed by atoms with Gasteiger partial charge in [0.15, 0.2) is 0 Å². The van der Waals surface area contributed by atoms with E-state index in [0.29, 0.717) is 24.5 Å². The summed E-state index contributed by atoms with van der Waals surface area (Å²) in [4.78, 5) is 16.1. The minimum absolute atomic E-state index is 0.337. The zero-order valence-electron chi connectivity index (χ0n) is 11.6. The summed E-state index contributed by atoms with van der Waals surface area (Å²) in [5.74, 6) is 0.199. The Balaban J connectivity index is 2.41. The molecule has 0 aliphatic rings. The van der Waals surface area contributed by atoms with Crippen LogP contribution in [0.25, 0.3) is 11.3 Å². The molecule has 1 aromatic carbocycles. The lowest BCUT2D eigenvalue weighted by atomic mass is 10.1. The first-order valence-electron chi connectivity index (χ1n) is 6.61. The van der Waals surface area contributed by atoms with E-state index in [4.69, 9.17) is 9.47 Å². The third-order valence-electron chi connectivity index (χ3n) is 2.71. The van der Waals surface area contributed by atoms with Crippen LogP contribution in [-0.4, -0.2) is 24.2 Å². The normalized spacial score (nSPS) is 10.1. The molecule has 4 nitrogen and oxygen atoms in total. The highest BCUT2D eigenvalue weighted by Gasteiger charge is 2.13. The lowest BCUT2D eigenvalue weighted by Gasteiger charge is -2.11. The third-order valence-corrected chi connectivity index (χ3v) is 2.71. The van der Waals surface area contributed by atoms with E-state index in [9.17, 15) is 4.79 Å². The predicted octanol–water partition coefficient (Wildman–Crippen LogP) is 3.32. The molecule has 0 N–H and O–H groups in total. The molecule has 2 aromatic rings. The van der Waals surface area contributed by atoms with Crippen LogP contribution in [-0.2, 0) is 4.74 Å². The molecule has 0 aliphatic heterocycles. The number of hydrogen-bond donors (Lipinski definition) is 0. The summed E-state index contributed by atoms with van der Waals surface area (Å²) < 4.78 is 10.6. The quantitative estimate of drug-likeness (QED) is 0.783. The van der Waals surface area contributed by atoms with E-state index in [1.807, 2.05) is 37.3 Å². The van der Waals surface area contributed by atoms with Crippen molar-refractivity contribution in [2.75, 3.05) is 13.2 Å². The van der Waals surface area contributed by atoms with Crippen molar-refractivity contribution in [1.82, 2.24) is 4.98 Å². The van der Waals surface area contributed by atoms with Gasteiger partial charge in [0, 0.05) is 11.8 Å². The van der Waals surface area contributed by atoms with E-state index in [1.165, 1.54) is 6.20 Å². The number of esters is 1. The van der Waals surface area contributed by atoms with Crippen molar-refractivity contribution >= 4 is 5.97 Å². The van der Waals surface area contributed by atoms with Crippen molar-refractivity contribution in [2.24, 2.45) is 0 Å². The molecule has 0 unspecified atom stereocenters. The molecule has 1 aromatic heterocycles. The summed E-state index contributed by atoms with van der Waals surface area (Å²) in [5, 5.41) is 0. The van der Waals surface area contributed by atoms with E-state index in [0.717, 1.165) is 11.3 Å². The zero-order valence-corrected chi connectivity index (χ0v) is 11.6. The highest BCUT2D eigenvalue weighted by Crippen LogP contribution is 2.28. The molecule has 4 heteroatoms. The number of ether oxygens (including phenoxy) is 2. The lowest BCUT2D eigenvalue weighted by molar-refractivity contribution is 0.0525. The fraction of sp³-hybridized carbons (Fsp3) is 0.250. The van der Waals surface area contributed by atoms with Gasteiger partial charge in [-0.1, -0.05) is 30.3 Å². The molecule has 0 fully saturated rings. The molecule has 0 amide bonds. The van der Waals surface area contributed by atoms with Crippen LogP contribution in [0.4, 0.5) is 0 Å². The Morgan fingerprint density at radius 3 is 2.55 bits per heavy atom. The molecular weight excluding hydrogens is 254 g/mol. The number of benzene rings is 1. The Morgan fingerprint density at radius 2 is 1.90 bits per heavy atom. The lowest BCUT2D eigenvalue weighted by Crippen LogP contribution is -2.06. The maximum atomic E-state index is 11.7. The molecule has 104 valence electrons. The maximum absolute atomic E-state index is 11.7. The van der Waals surface area contributed by atoms with Crippen LogP contribution in [0.15, 0.2) is 42.6 Å². The van der Waals surface area contributed by atoms with Gasteiger partial charge in [-0.25, -0.2) is 4.79 Å². The summed E-state index contributed by atoms with van der Waals surface area (Å²) >= 11 is 0. The van der Waals surface area contributed by atoms with Gasteiger partial charge < -0.3 is 9.47 Å². The minimum Gasteiger partial charge on any atom is -0.492 e. The Hall–Kier alpha value is -2.36. The van der Waals surface area contributed by atoms with Crippen LogP contribution >= 0.6 is 0 Å². The summed E-state index contributed by atoms with van der Waals surface area (Å²) in [6.45, 7) is 4.51. The van der Waals surface area contributed by atoms with Crippen molar-refractivity contribution in [3.8, 4) is 17.0 Å². The molecular formula is C16H17NO3. The molecule has 1 heterocycles. The fourth-order valence-corrected chi connectivity index (χ4v) is 1.85. The van der Waals surface area contributed by atoms with Crippen molar-refractivity contribution in [2.45, 2.75) is 13.8 Å². The van der Waals surface area contributed by atoms with Crippen LogP contribution in [0.3, 0.4) is 0 Å².